The number of allylic oxidation sites excluding steroid dienone is 1. The molecule has 1 amide bonds. The van der Waals surface area contributed by atoms with Gasteiger partial charge < -0.3 is 19.0 Å². The van der Waals surface area contributed by atoms with E-state index in [9.17, 15) is 9.18 Å². The molecule has 0 atom stereocenters. The van der Waals surface area contributed by atoms with E-state index in [1.54, 1.807) is 48.7 Å². The largest absolute Gasteiger partial charge is 0.488 e. The van der Waals surface area contributed by atoms with Crippen LogP contribution in [-0.4, -0.2) is 10.5 Å². The molecule has 30 heavy (non-hydrogen) atoms. The molecule has 5 nitrogen and oxygen atoms in total. The molecule has 0 aliphatic rings. The van der Waals surface area contributed by atoms with Crippen LogP contribution in [0.15, 0.2) is 84.0 Å². The number of carbonyl (C=O) groups is 1. The van der Waals surface area contributed by atoms with E-state index in [2.05, 4.69) is 11.9 Å². The van der Waals surface area contributed by atoms with Crippen LogP contribution in [0.3, 0.4) is 0 Å². The third kappa shape index (κ3) is 3.98. The Morgan fingerprint density at radius 3 is 2.80 bits per heavy atom. The molecule has 2 aromatic carbocycles. The Kier molecular flexibility index (Phi) is 5.66. The maximum atomic E-state index is 13.9. The Morgan fingerprint density at radius 2 is 2.03 bits per heavy atom. The summed E-state index contributed by atoms with van der Waals surface area (Å²) in [7, 11) is 0. The highest BCUT2D eigenvalue weighted by Gasteiger charge is 2.18. The number of hydrogen-bond acceptors (Lipinski definition) is 3. The number of nitrogens with zero attached hydrogens (tertiary/aromatic N) is 1. The zero-order valence-electron chi connectivity index (χ0n) is 16.3. The Labute approximate surface area is 173 Å². The molecule has 0 aliphatic heterocycles. The van der Waals surface area contributed by atoms with Gasteiger partial charge >= 0.3 is 0 Å². The summed E-state index contributed by atoms with van der Waals surface area (Å²) in [5.74, 6) is 0.707. The first-order valence-corrected chi connectivity index (χ1v) is 9.57. The summed E-state index contributed by atoms with van der Waals surface area (Å²) in [4.78, 5) is 12.8. The molecule has 152 valence electrons. The van der Waals surface area contributed by atoms with Gasteiger partial charge in [0.25, 0.3) is 5.91 Å². The van der Waals surface area contributed by atoms with Gasteiger partial charge in [-0.3, -0.25) is 4.79 Å². The lowest BCUT2D eigenvalue weighted by molar-refractivity contribution is 0.0939. The quantitative estimate of drug-likeness (QED) is 0.417. The van der Waals surface area contributed by atoms with Crippen molar-refractivity contribution in [1.29, 1.82) is 0 Å². The molecule has 2 heterocycles. The molecule has 1 N–H and O–H groups in total. The standard InChI is InChI=1S/C24H21FN2O3/c1-2-12-27-21-10-5-11-23(30-16-17-7-3-4-9-20(17)25)19(21)14-22(27)24(28)26-15-18-8-6-13-29-18/h2-11,13-14H,1,12,15-16H2,(H,26,28). The van der Waals surface area contributed by atoms with Gasteiger partial charge in [-0.15, -0.1) is 6.58 Å². The summed E-state index contributed by atoms with van der Waals surface area (Å²) in [5.41, 5.74) is 1.79. The molecule has 0 saturated heterocycles. The van der Waals surface area contributed by atoms with Gasteiger partial charge in [0.15, 0.2) is 0 Å². The highest BCUT2D eigenvalue weighted by molar-refractivity contribution is 6.00. The van der Waals surface area contributed by atoms with Gasteiger partial charge in [-0.25, -0.2) is 4.39 Å². The van der Waals surface area contributed by atoms with E-state index in [4.69, 9.17) is 9.15 Å². The van der Waals surface area contributed by atoms with Crippen molar-refractivity contribution in [1.82, 2.24) is 9.88 Å². The summed E-state index contributed by atoms with van der Waals surface area (Å²) in [5, 5.41) is 3.64. The molecule has 4 aromatic rings. The number of halogens is 1. The van der Waals surface area contributed by atoms with Gasteiger partial charge in [0, 0.05) is 17.5 Å². The molecule has 6 heteroatoms. The summed E-state index contributed by atoms with van der Waals surface area (Å²) >= 11 is 0. The lowest BCUT2D eigenvalue weighted by atomic mass is 10.2. The van der Waals surface area contributed by atoms with Crippen LogP contribution in [0.1, 0.15) is 21.8 Å². The van der Waals surface area contributed by atoms with Crippen LogP contribution < -0.4 is 10.1 Å². The minimum absolute atomic E-state index is 0.0957. The van der Waals surface area contributed by atoms with Crippen LogP contribution in [0.5, 0.6) is 5.75 Å². The zero-order valence-corrected chi connectivity index (χ0v) is 16.3. The lowest BCUT2D eigenvalue weighted by Gasteiger charge is -2.10. The SMILES string of the molecule is C=CCn1c(C(=O)NCc2ccco2)cc2c(OCc3ccccc3F)cccc21. The highest BCUT2D eigenvalue weighted by atomic mass is 19.1. The number of aromatic nitrogens is 1. The fourth-order valence-electron chi connectivity index (χ4n) is 3.34. The van der Waals surface area contributed by atoms with Crippen LogP contribution >= 0.6 is 0 Å². The third-order valence-electron chi connectivity index (χ3n) is 4.79. The number of rotatable bonds is 8. The van der Waals surface area contributed by atoms with Crippen molar-refractivity contribution >= 4 is 16.8 Å². The number of nitrogens with one attached hydrogen (secondary N) is 1. The fourth-order valence-corrected chi connectivity index (χ4v) is 3.34. The Morgan fingerprint density at radius 1 is 1.17 bits per heavy atom. The Hall–Kier alpha value is -3.80. The minimum atomic E-state index is -0.313. The van der Waals surface area contributed by atoms with E-state index in [0.717, 1.165) is 10.9 Å². The van der Waals surface area contributed by atoms with Crippen molar-refractivity contribution in [3.63, 3.8) is 0 Å². The van der Waals surface area contributed by atoms with E-state index in [1.165, 1.54) is 6.07 Å². The summed E-state index contributed by atoms with van der Waals surface area (Å²) in [6.45, 7) is 4.64. The Balaban J connectivity index is 1.63. The first-order valence-electron chi connectivity index (χ1n) is 9.57. The van der Waals surface area contributed by atoms with Gasteiger partial charge in [-0.1, -0.05) is 30.3 Å². The summed E-state index contributed by atoms with van der Waals surface area (Å²) in [6, 6.07) is 17.4. The van der Waals surface area contributed by atoms with E-state index < -0.39 is 0 Å². The van der Waals surface area contributed by atoms with E-state index in [0.29, 0.717) is 29.3 Å². The van der Waals surface area contributed by atoms with Crippen LogP contribution in [0.2, 0.25) is 0 Å². The van der Waals surface area contributed by atoms with E-state index >= 15 is 0 Å². The maximum Gasteiger partial charge on any atom is 0.268 e. The van der Waals surface area contributed by atoms with Gasteiger partial charge in [-0.2, -0.15) is 0 Å². The molecular formula is C24H21FN2O3. The first kappa shape index (κ1) is 19.5. The van der Waals surface area contributed by atoms with Crippen molar-refractivity contribution < 1.29 is 18.3 Å². The summed E-state index contributed by atoms with van der Waals surface area (Å²) < 4.78 is 27.0. The van der Waals surface area contributed by atoms with Crippen molar-refractivity contribution in [2.24, 2.45) is 0 Å². The van der Waals surface area contributed by atoms with Crippen LogP contribution in [-0.2, 0) is 19.7 Å². The van der Waals surface area contributed by atoms with Crippen LogP contribution in [0.4, 0.5) is 4.39 Å². The van der Waals surface area contributed by atoms with Gasteiger partial charge in [0.2, 0.25) is 0 Å². The van der Waals surface area contributed by atoms with Gasteiger partial charge in [0.05, 0.1) is 18.3 Å². The van der Waals surface area contributed by atoms with E-state index in [1.807, 2.05) is 22.8 Å². The number of furan rings is 1. The fraction of sp³-hybridized carbons (Fsp3) is 0.125. The second-order valence-electron chi connectivity index (χ2n) is 6.76. The molecule has 0 spiro atoms. The minimum Gasteiger partial charge on any atom is -0.488 e. The third-order valence-corrected chi connectivity index (χ3v) is 4.79. The normalized spacial score (nSPS) is 10.8. The lowest BCUT2D eigenvalue weighted by Crippen LogP contribution is -2.25. The maximum absolute atomic E-state index is 13.9. The molecule has 0 aliphatic carbocycles. The van der Waals surface area contributed by atoms with Gasteiger partial charge in [0.1, 0.15) is 29.6 Å². The number of hydrogen-bond donors (Lipinski definition) is 1. The average Bonchev–Trinajstić information content (AvgIpc) is 3.40. The smallest absolute Gasteiger partial charge is 0.268 e. The molecule has 0 unspecified atom stereocenters. The number of ether oxygens (including phenoxy) is 1. The van der Waals surface area contributed by atoms with E-state index in [-0.39, 0.29) is 24.9 Å². The number of benzene rings is 2. The summed E-state index contributed by atoms with van der Waals surface area (Å²) in [6.07, 6.45) is 3.30. The Bertz CT molecular complexity index is 1180. The highest BCUT2D eigenvalue weighted by Crippen LogP contribution is 2.30. The van der Waals surface area contributed by atoms with Crippen molar-refractivity contribution in [2.45, 2.75) is 19.7 Å². The first-order chi connectivity index (χ1) is 14.7. The number of fused-ring (bicyclic) bond motifs is 1. The second kappa shape index (κ2) is 8.69. The molecular weight excluding hydrogens is 383 g/mol. The van der Waals surface area contributed by atoms with Crippen molar-refractivity contribution in [2.75, 3.05) is 0 Å². The van der Waals surface area contributed by atoms with Crippen LogP contribution in [0, 0.1) is 5.82 Å². The van der Waals surface area contributed by atoms with Crippen molar-refractivity contribution in [3.05, 3.63) is 102 Å². The topological polar surface area (TPSA) is 56.4 Å². The van der Waals surface area contributed by atoms with Crippen LogP contribution in [0.25, 0.3) is 10.9 Å². The predicted molar refractivity (Wildman–Crippen MR) is 113 cm³/mol. The number of carbonyl (C=O) groups excluding carboxylic acids is 1. The second-order valence-corrected chi connectivity index (χ2v) is 6.76. The molecule has 0 fully saturated rings. The molecule has 0 radical (unpaired) electrons. The molecule has 0 saturated carbocycles. The molecule has 0 bridgehead atoms. The van der Waals surface area contributed by atoms with Gasteiger partial charge in [-0.05, 0) is 36.4 Å². The molecule has 2 aromatic heterocycles. The predicted octanol–water partition coefficient (Wildman–Crippen LogP) is 5.07. The monoisotopic (exact) mass is 404 g/mol. The average molecular weight is 404 g/mol. The van der Waals surface area contributed by atoms with Crippen molar-refractivity contribution in [3.8, 4) is 5.75 Å². The number of amides is 1. The zero-order chi connectivity index (χ0) is 20.9. The molecule has 4 rings (SSSR count).